The topological polar surface area (TPSA) is 88.4 Å². The number of thioether (sulfide) groups is 1. The Morgan fingerprint density at radius 3 is 2.39 bits per heavy atom. The zero-order chi connectivity index (χ0) is 27.2. The van der Waals surface area contributed by atoms with Gasteiger partial charge in [-0.3, -0.25) is 9.69 Å². The molecule has 38 heavy (non-hydrogen) atoms. The fourth-order valence-electron chi connectivity index (χ4n) is 3.62. The Kier molecular flexibility index (Phi) is 9.30. The third-order valence-corrected chi connectivity index (χ3v) is 7.59. The van der Waals surface area contributed by atoms with E-state index >= 15 is 0 Å². The van der Waals surface area contributed by atoms with Crippen LogP contribution in [0.5, 0.6) is 11.5 Å². The van der Waals surface area contributed by atoms with Crippen LogP contribution in [0.25, 0.3) is 6.08 Å². The fourth-order valence-corrected chi connectivity index (χ4v) is 5.52. The third kappa shape index (κ3) is 6.67. The van der Waals surface area contributed by atoms with Crippen LogP contribution in [0.4, 0.5) is 5.69 Å². The fraction of sp³-hybridized carbons (Fsp3) is 0.179. The predicted octanol–water partition coefficient (Wildman–Crippen LogP) is 7.51. The number of hydrogen-bond acceptors (Lipinski definition) is 6. The summed E-state index contributed by atoms with van der Waals surface area (Å²) in [5, 5.41) is 9.64. The van der Waals surface area contributed by atoms with E-state index in [1.54, 1.807) is 23.1 Å². The number of aromatic carboxylic acids is 1. The summed E-state index contributed by atoms with van der Waals surface area (Å²) >= 11 is 8.31. The van der Waals surface area contributed by atoms with Crippen LogP contribution >= 0.6 is 43.6 Å². The number of amides is 1. The minimum atomic E-state index is -1.00. The normalized spacial score (nSPS) is 15.4. The minimum Gasteiger partial charge on any atom is -0.490 e. The van der Waals surface area contributed by atoms with E-state index in [1.165, 1.54) is 23.9 Å². The van der Waals surface area contributed by atoms with Crippen molar-refractivity contribution in [1.82, 2.24) is 4.90 Å². The summed E-state index contributed by atoms with van der Waals surface area (Å²) in [6.07, 6.45) is 1.80. The highest BCUT2D eigenvalue weighted by Gasteiger charge is 2.32. The van der Waals surface area contributed by atoms with Crippen molar-refractivity contribution in [3.8, 4) is 11.5 Å². The van der Waals surface area contributed by atoms with Gasteiger partial charge in [0, 0.05) is 11.0 Å². The van der Waals surface area contributed by atoms with Crippen molar-refractivity contribution in [2.24, 2.45) is 4.99 Å². The summed E-state index contributed by atoms with van der Waals surface area (Å²) in [5.41, 5.74) is 2.54. The number of carboxylic acid groups (broad SMARTS) is 1. The van der Waals surface area contributed by atoms with Crippen molar-refractivity contribution in [2.45, 2.75) is 20.5 Å². The van der Waals surface area contributed by atoms with Crippen molar-refractivity contribution >= 4 is 72.4 Å². The summed E-state index contributed by atoms with van der Waals surface area (Å²) in [4.78, 5) is 30.9. The first-order chi connectivity index (χ1) is 18.3. The van der Waals surface area contributed by atoms with Gasteiger partial charge in [-0.2, -0.15) is 0 Å². The lowest BCUT2D eigenvalue weighted by Gasteiger charge is -2.15. The number of rotatable bonds is 9. The molecule has 0 saturated carbocycles. The van der Waals surface area contributed by atoms with Crippen molar-refractivity contribution in [1.29, 1.82) is 0 Å². The molecular weight excluding hydrogens is 636 g/mol. The molecule has 3 aromatic rings. The molecule has 1 aliphatic heterocycles. The van der Waals surface area contributed by atoms with Gasteiger partial charge in [0.2, 0.25) is 0 Å². The number of carboxylic acids is 1. The number of aliphatic imine (C=N–C) groups is 1. The average Bonchev–Trinajstić information content (AvgIpc) is 3.18. The van der Waals surface area contributed by atoms with Crippen LogP contribution < -0.4 is 9.47 Å². The van der Waals surface area contributed by atoms with Gasteiger partial charge in [0.15, 0.2) is 16.7 Å². The molecule has 1 saturated heterocycles. The van der Waals surface area contributed by atoms with Crippen LogP contribution in [0.3, 0.4) is 0 Å². The molecule has 1 N–H and O–H groups in total. The summed E-state index contributed by atoms with van der Waals surface area (Å²) in [5.74, 6) is 0.00555. The van der Waals surface area contributed by atoms with Gasteiger partial charge in [-0.25, -0.2) is 9.79 Å². The number of benzene rings is 3. The van der Waals surface area contributed by atoms with E-state index in [0.717, 1.165) is 15.6 Å². The van der Waals surface area contributed by atoms with Gasteiger partial charge >= 0.3 is 5.97 Å². The standard InChI is InChI=1S/C28H24Br2N2O5S/c1-3-32-26(33)24(38-28(32)31-21-11-7-19(8-12-21)27(34)35)15-18-13-22(30)25(23(14-18)36-4-2)37-16-17-5-9-20(29)10-6-17/h5-15H,3-4,16H2,1-2H3,(H,34,35)/b24-15+,31-28?. The summed E-state index contributed by atoms with van der Waals surface area (Å²) < 4.78 is 13.7. The number of amidine groups is 1. The quantitative estimate of drug-likeness (QED) is 0.239. The molecule has 3 aromatic carbocycles. The molecule has 0 spiro atoms. The lowest BCUT2D eigenvalue weighted by molar-refractivity contribution is -0.122. The average molecular weight is 660 g/mol. The number of carbonyl (C=O) groups excluding carboxylic acids is 1. The molecular formula is C28H24Br2N2O5S. The molecule has 10 heteroatoms. The number of ether oxygens (including phenoxy) is 2. The molecule has 0 bridgehead atoms. The smallest absolute Gasteiger partial charge is 0.335 e. The maximum Gasteiger partial charge on any atom is 0.335 e. The predicted molar refractivity (Wildman–Crippen MR) is 157 cm³/mol. The Bertz CT molecular complexity index is 1410. The largest absolute Gasteiger partial charge is 0.490 e. The second-order valence-corrected chi connectivity index (χ2v) is 10.9. The molecule has 0 atom stereocenters. The SMILES string of the molecule is CCOc1cc(/C=C2/SC(=Nc3ccc(C(=O)O)cc3)N(CC)C2=O)cc(Br)c1OCc1ccc(Br)cc1. The van der Waals surface area contributed by atoms with E-state index in [1.807, 2.05) is 50.2 Å². The van der Waals surface area contributed by atoms with Gasteiger partial charge in [0.25, 0.3) is 5.91 Å². The Labute approximate surface area is 241 Å². The summed E-state index contributed by atoms with van der Waals surface area (Å²) in [6.45, 7) is 5.06. The molecule has 1 fully saturated rings. The van der Waals surface area contributed by atoms with Crippen LogP contribution in [0.15, 0.2) is 79.5 Å². The van der Waals surface area contributed by atoms with Gasteiger partial charge in [0.05, 0.1) is 27.2 Å². The molecule has 0 aromatic heterocycles. The maximum atomic E-state index is 13.1. The van der Waals surface area contributed by atoms with Gasteiger partial charge in [-0.15, -0.1) is 0 Å². The molecule has 1 heterocycles. The molecule has 0 unspecified atom stereocenters. The highest BCUT2D eigenvalue weighted by atomic mass is 79.9. The van der Waals surface area contributed by atoms with Gasteiger partial charge in [-0.05, 0) is 107 Å². The summed E-state index contributed by atoms with van der Waals surface area (Å²) in [6, 6.07) is 17.9. The van der Waals surface area contributed by atoms with Crippen molar-refractivity contribution in [3.63, 3.8) is 0 Å². The Hall–Kier alpha value is -3.08. The van der Waals surface area contributed by atoms with E-state index in [9.17, 15) is 9.59 Å². The number of nitrogens with zero attached hydrogens (tertiary/aromatic N) is 2. The number of hydrogen-bond donors (Lipinski definition) is 1. The lowest BCUT2D eigenvalue weighted by atomic mass is 10.1. The lowest BCUT2D eigenvalue weighted by Crippen LogP contribution is -2.28. The molecule has 196 valence electrons. The maximum absolute atomic E-state index is 13.1. The second-order valence-electron chi connectivity index (χ2n) is 8.08. The van der Waals surface area contributed by atoms with E-state index in [2.05, 4.69) is 36.9 Å². The van der Waals surface area contributed by atoms with Crippen LogP contribution in [-0.2, 0) is 11.4 Å². The molecule has 1 amide bonds. The minimum absolute atomic E-state index is 0.150. The second kappa shape index (κ2) is 12.6. The number of carbonyl (C=O) groups is 2. The molecule has 1 aliphatic rings. The van der Waals surface area contributed by atoms with E-state index in [-0.39, 0.29) is 11.5 Å². The van der Waals surface area contributed by atoms with Gasteiger partial charge in [0.1, 0.15) is 6.61 Å². The number of halogens is 2. The number of likely N-dealkylation sites (N-methyl/N-ethyl adjacent to an activating group) is 1. The molecule has 0 radical (unpaired) electrons. The van der Waals surface area contributed by atoms with E-state index in [0.29, 0.717) is 51.5 Å². The molecule has 0 aliphatic carbocycles. The van der Waals surface area contributed by atoms with Crippen LogP contribution in [0, 0.1) is 0 Å². The van der Waals surface area contributed by atoms with E-state index < -0.39 is 5.97 Å². The first kappa shape index (κ1) is 27.9. The highest BCUT2D eigenvalue weighted by Crippen LogP contribution is 2.40. The van der Waals surface area contributed by atoms with Crippen LogP contribution in [0.1, 0.15) is 35.3 Å². The van der Waals surface area contributed by atoms with Crippen molar-refractivity contribution < 1.29 is 24.2 Å². The Morgan fingerprint density at radius 2 is 1.76 bits per heavy atom. The Balaban J connectivity index is 1.59. The van der Waals surface area contributed by atoms with Crippen molar-refractivity contribution in [2.75, 3.05) is 13.2 Å². The zero-order valence-corrected chi connectivity index (χ0v) is 24.6. The van der Waals surface area contributed by atoms with E-state index in [4.69, 9.17) is 14.6 Å². The monoisotopic (exact) mass is 658 g/mol. The first-order valence-corrected chi connectivity index (χ1v) is 14.2. The van der Waals surface area contributed by atoms with Crippen molar-refractivity contribution in [3.05, 3.63) is 91.2 Å². The molecule has 7 nitrogen and oxygen atoms in total. The zero-order valence-electron chi connectivity index (χ0n) is 20.6. The molecule has 4 rings (SSSR count). The first-order valence-electron chi connectivity index (χ1n) is 11.8. The highest BCUT2D eigenvalue weighted by molar-refractivity contribution is 9.10. The summed E-state index contributed by atoms with van der Waals surface area (Å²) in [7, 11) is 0. The van der Waals surface area contributed by atoms with Crippen LogP contribution in [-0.4, -0.2) is 40.2 Å². The van der Waals surface area contributed by atoms with Gasteiger partial charge < -0.3 is 14.6 Å². The van der Waals surface area contributed by atoms with Gasteiger partial charge in [-0.1, -0.05) is 28.1 Å². The van der Waals surface area contributed by atoms with Crippen LogP contribution in [0.2, 0.25) is 0 Å². The third-order valence-electron chi connectivity index (χ3n) is 5.47. The Morgan fingerprint density at radius 1 is 1.05 bits per heavy atom.